The first-order valence-electron chi connectivity index (χ1n) is 10.5. The van der Waals surface area contributed by atoms with E-state index in [1.54, 1.807) is 17.9 Å². The van der Waals surface area contributed by atoms with Gasteiger partial charge in [-0.3, -0.25) is 0 Å². The Morgan fingerprint density at radius 3 is 2.58 bits per heavy atom. The van der Waals surface area contributed by atoms with E-state index in [1.165, 1.54) is 10.7 Å². The normalized spacial score (nSPS) is 19.6. The maximum Gasteiger partial charge on any atom is 0.410 e. The van der Waals surface area contributed by atoms with Crippen LogP contribution in [0.15, 0.2) is 12.3 Å². The van der Waals surface area contributed by atoms with Crippen LogP contribution in [0.5, 0.6) is 0 Å². The highest BCUT2D eigenvalue weighted by molar-refractivity contribution is 6.29. The molecule has 2 aromatic heterocycles. The van der Waals surface area contributed by atoms with Gasteiger partial charge in [0.05, 0.1) is 18.5 Å². The van der Waals surface area contributed by atoms with Crippen LogP contribution in [0.4, 0.5) is 10.5 Å². The SMILES string of the molecule is CCOC(=O)c1cn2nc(Cl)cc(N3C[C@@H](C)N(C(=O)OC(C)(C)C)C[C@@H]3CC)c2n1. The monoisotopic (exact) mass is 451 g/mol. The van der Waals surface area contributed by atoms with Gasteiger partial charge in [0, 0.05) is 31.2 Å². The van der Waals surface area contributed by atoms with Gasteiger partial charge in [0.1, 0.15) is 5.60 Å². The molecule has 2 atom stereocenters. The Labute approximate surface area is 187 Å². The topological polar surface area (TPSA) is 89.3 Å². The lowest BCUT2D eigenvalue weighted by molar-refractivity contribution is 0.0123. The van der Waals surface area contributed by atoms with Crippen LogP contribution in [0.25, 0.3) is 5.65 Å². The molecule has 0 bridgehead atoms. The Morgan fingerprint density at radius 1 is 1.26 bits per heavy atom. The number of rotatable bonds is 4. The fraction of sp³-hybridized carbons (Fsp3) is 0.619. The third-order valence-corrected chi connectivity index (χ3v) is 5.30. The van der Waals surface area contributed by atoms with Crippen LogP contribution in [-0.2, 0) is 9.47 Å². The van der Waals surface area contributed by atoms with Crippen molar-refractivity contribution in [3.05, 3.63) is 23.1 Å². The lowest BCUT2D eigenvalue weighted by Crippen LogP contribution is -2.59. The van der Waals surface area contributed by atoms with Crippen molar-refractivity contribution < 1.29 is 19.1 Å². The summed E-state index contributed by atoms with van der Waals surface area (Å²) in [6.07, 6.45) is 1.99. The summed E-state index contributed by atoms with van der Waals surface area (Å²) in [4.78, 5) is 33.3. The summed E-state index contributed by atoms with van der Waals surface area (Å²) >= 11 is 6.28. The molecular weight excluding hydrogens is 422 g/mol. The smallest absolute Gasteiger partial charge is 0.410 e. The van der Waals surface area contributed by atoms with Crippen molar-refractivity contribution in [3.63, 3.8) is 0 Å². The van der Waals surface area contributed by atoms with E-state index in [-0.39, 0.29) is 35.6 Å². The molecule has 1 aliphatic rings. The molecule has 0 radical (unpaired) electrons. The van der Waals surface area contributed by atoms with Crippen LogP contribution in [0, 0.1) is 0 Å². The van der Waals surface area contributed by atoms with Crippen LogP contribution < -0.4 is 4.90 Å². The average molecular weight is 452 g/mol. The van der Waals surface area contributed by atoms with Crippen LogP contribution >= 0.6 is 11.6 Å². The molecule has 1 fully saturated rings. The Hall–Kier alpha value is -2.55. The van der Waals surface area contributed by atoms with Gasteiger partial charge in [0.25, 0.3) is 0 Å². The standard InChI is InChI=1S/C21H30ClN5O4/c1-7-14-11-25(20(29)31-21(4,5)6)13(3)10-26(14)16-9-17(22)24-27-12-15(23-18(16)27)19(28)30-8-2/h9,12-14H,7-8,10-11H2,1-6H3/t13-,14+/m1/s1. The zero-order chi connectivity index (χ0) is 22.9. The van der Waals surface area contributed by atoms with Gasteiger partial charge < -0.3 is 19.3 Å². The molecule has 0 aliphatic carbocycles. The number of amides is 1. The second-order valence-electron chi connectivity index (χ2n) is 8.66. The Kier molecular flexibility index (Phi) is 6.64. The summed E-state index contributed by atoms with van der Waals surface area (Å²) in [5.41, 5.74) is 0.896. The molecule has 2 aromatic rings. The summed E-state index contributed by atoms with van der Waals surface area (Å²) in [6.45, 7) is 12.7. The first-order valence-corrected chi connectivity index (χ1v) is 10.9. The molecule has 1 aliphatic heterocycles. The van der Waals surface area contributed by atoms with Crippen molar-refractivity contribution in [3.8, 4) is 0 Å². The molecule has 10 heteroatoms. The van der Waals surface area contributed by atoms with Crippen molar-refractivity contribution in [1.29, 1.82) is 0 Å². The van der Waals surface area contributed by atoms with Crippen molar-refractivity contribution in [1.82, 2.24) is 19.5 Å². The second-order valence-corrected chi connectivity index (χ2v) is 9.05. The molecule has 0 aromatic carbocycles. The third-order valence-electron chi connectivity index (χ3n) is 5.11. The molecule has 0 spiro atoms. The fourth-order valence-electron chi connectivity index (χ4n) is 3.70. The predicted molar refractivity (Wildman–Crippen MR) is 118 cm³/mol. The lowest BCUT2D eigenvalue weighted by atomic mass is 10.0. The molecule has 3 rings (SSSR count). The highest BCUT2D eigenvalue weighted by atomic mass is 35.5. The largest absolute Gasteiger partial charge is 0.461 e. The highest BCUT2D eigenvalue weighted by Gasteiger charge is 2.37. The molecule has 9 nitrogen and oxygen atoms in total. The first-order chi connectivity index (χ1) is 14.5. The number of ether oxygens (including phenoxy) is 2. The summed E-state index contributed by atoms with van der Waals surface area (Å²) in [5, 5.41) is 4.53. The average Bonchev–Trinajstić information content (AvgIpc) is 3.10. The van der Waals surface area contributed by atoms with E-state index in [4.69, 9.17) is 21.1 Å². The van der Waals surface area contributed by atoms with E-state index in [0.29, 0.717) is 18.7 Å². The maximum absolute atomic E-state index is 12.7. The Morgan fingerprint density at radius 2 is 1.97 bits per heavy atom. The lowest BCUT2D eigenvalue weighted by Gasteiger charge is -2.46. The quantitative estimate of drug-likeness (QED) is 0.653. The van der Waals surface area contributed by atoms with Gasteiger partial charge >= 0.3 is 12.1 Å². The van der Waals surface area contributed by atoms with E-state index in [0.717, 1.165) is 12.1 Å². The minimum absolute atomic E-state index is 0.0220. The summed E-state index contributed by atoms with van der Waals surface area (Å²) in [7, 11) is 0. The zero-order valence-corrected chi connectivity index (χ0v) is 19.6. The van der Waals surface area contributed by atoms with E-state index in [1.807, 2.05) is 27.7 Å². The molecule has 3 heterocycles. The Balaban J connectivity index is 1.95. The first kappa shape index (κ1) is 23.1. The van der Waals surface area contributed by atoms with Gasteiger partial charge in [-0.25, -0.2) is 19.1 Å². The van der Waals surface area contributed by atoms with Gasteiger partial charge in [-0.15, -0.1) is 0 Å². The minimum Gasteiger partial charge on any atom is -0.461 e. The van der Waals surface area contributed by atoms with Crippen molar-refractivity contribution in [2.75, 3.05) is 24.6 Å². The number of hydrogen-bond donors (Lipinski definition) is 0. The number of nitrogens with zero attached hydrogens (tertiary/aromatic N) is 5. The minimum atomic E-state index is -0.556. The summed E-state index contributed by atoms with van der Waals surface area (Å²) < 4.78 is 12.2. The van der Waals surface area contributed by atoms with Crippen LogP contribution in [0.2, 0.25) is 5.15 Å². The molecule has 0 N–H and O–H groups in total. The van der Waals surface area contributed by atoms with Crippen LogP contribution in [-0.4, -0.2) is 68.9 Å². The maximum atomic E-state index is 12.7. The number of hydrogen-bond acceptors (Lipinski definition) is 7. The molecular formula is C21H30ClN5O4. The predicted octanol–water partition coefficient (Wildman–Crippen LogP) is 3.78. The number of anilines is 1. The van der Waals surface area contributed by atoms with Crippen molar-refractivity contribution in [2.45, 2.75) is 65.6 Å². The van der Waals surface area contributed by atoms with Crippen LogP contribution in [0.1, 0.15) is 58.5 Å². The van der Waals surface area contributed by atoms with Gasteiger partial charge in [-0.05, 0) is 41.0 Å². The number of halogens is 1. The molecule has 170 valence electrons. The molecule has 1 amide bonds. The molecule has 1 saturated heterocycles. The van der Waals surface area contributed by atoms with E-state index >= 15 is 0 Å². The third kappa shape index (κ3) is 5.03. The van der Waals surface area contributed by atoms with Crippen molar-refractivity contribution >= 4 is 35.0 Å². The molecule has 0 saturated carbocycles. The zero-order valence-electron chi connectivity index (χ0n) is 18.9. The van der Waals surface area contributed by atoms with Gasteiger partial charge in [-0.2, -0.15) is 5.10 Å². The number of aromatic nitrogens is 3. The fourth-order valence-corrected chi connectivity index (χ4v) is 3.89. The number of fused-ring (bicyclic) bond motifs is 1. The van der Waals surface area contributed by atoms with E-state index < -0.39 is 11.6 Å². The van der Waals surface area contributed by atoms with Crippen LogP contribution in [0.3, 0.4) is 0 Å². The highest BCUT2D eigenvalue weighted by Crippen LogP contribution is 2.31. The number of carbonyl (C=O) groups excluding carboxylic acids is 2. The number of piperazine rings is 1. The Bertz CT molecular complexity index is 971. The molecule has 0 unspecified atom stereocenters. The molecule has 31 heavy (non-hydrogen) atoms. The van der Waals surface area contributed by atoms with Crippen molar-refractivity contribution in [2.24, 2.45) is 0 Å². The second kappa shape index (κ2) is 8.90. The number of esters is 1. The van der Waals surface area contributed by atoms with E-state index in [9.17, 15) is 9.59 Å². The van der Waals surface area contributed by atoms with Gasteiger partial charge in [0.2, 0.25) is 0 Å². The summed E-state index contributed by atoms with van der Waals surface area (Å²) in [6, 6.07) is 1.68. The van der Waals surface area contributed by atoms with Gasteiger partial charge in [0.15, 0.2) is 16.5 Å². The summed E-state index contributed by atoms with van der Waals surface area (Å²) in [5.74, 6) is -0.509. The van der Waals surface area contributed by atoms with Gasteiger partial charge in [-0.1, -0.05) is 18.5 Å². The number of imidazole rings is 1. The van der Waals surface area contributed by atoms with E-state index in [2.05, 4.69) is 21.9 Å². The number of carbonyl (C=O) groups is 2.